The van der Waals surface area contributed by atoms with E-state index in [1.165, 1.54) is 32.1 Å². The van der Waals surface area contributed by atoms with E-state index in [0.717, 1.165) is 30.1 Å². The smallest absolute Gasteiger partial charge is 0.131 e. The third-order valence-corrected chi connectivity index (χ3v) is 3.89. The third kappa shape index (κ3) is 3.52. The molecule has 1 aliphatic rings. The van der Waals surface area contributed by atoms with Gasteiger partial charge >= 0.3 is 0 Å². The van der Waals surface area contributed by atoms with Crippen LogP contribution in [0, 0.1) is 6.92 Å². The highest BCUT2D eigenvalue weighted by Crippen LogP contribution is 2.30. The molecule has 1 unspecified atom stereocenters. The topological polar surface area (TPSA) is 51.8 Å². The normalized spacial score (nSPS) is 18.8. The summed E-state index contributed by atoms with van der Waals surface area (Å²) in [6, 6.07) is 2.31. The molecule has 0 saturated heterocycles. The van der Waals surface area contributed by atoms with Crippen molar-refractivity contribution < 1.29 is 0 Å². The van der Waals surface area contributed by atoms with Crippen LogP contribution in [0.1, 0.15) is 68.6 Å². The van der Waals surface area contributed by atoms with Gasteiger partial charge in [0, 0.05) is 29.8 Å². The molecule has 0 spiro atoms. The van der Waals surface area contributed by atoms with Gasteiger partial charge in [-0.15, -0.1) is 0 Å². The quantitative estimate of drug-likeness (QED) is 0.889. The number of aromatic nitrogens is 2. The van der Waals surface area contributed by atoms with Gasteiger partial charge in [-0.25, -0.2) is 9.97 Å². The summed E-state index contributed by atoms with van der Waals surface area (Å²) in [4.78, 5) is 9.39. The third-order valence-electron chi connectivity index (χ3n) is 3.89. The van der Waals surface area contributed by atoms with Crippen molar-refractivity contribution in [1.29, 1.82) is 0 Å². The molecule has 18 heavy (non-hydrogen) atoms. The maximum Gasteiger partial charge on any atom is 0.131 e. The van der Waals surface area contributed by atoms with Crippen LogP contribution in [0.3, 0.4) is 0 Å². The molecule has 1 fully saturated rings. The van der Waals surface area contributed by atoms with Gasteiger partial charge in [-0.3, -0.25) is 0 Å². The van der Waals surface area contributed by atoms with E-state index in [9.17, 15) is 0 Å². The maximum atomic E-state index is 6.02. The average molecular weight is 247 g/mol. The zero-order chi connectivity index (χ0) is 13.0. The molecule has 0 aromatic carbocycles. The van der Waals surface area contributed by atoms with E-state index in [0.29, 0.717) is 5.92 Å². The van der Waals surface area contributed by atoms with E-state index in [1.54, 1.807) is 0 Å². The molecule has 1 aliphatic carbocycles. The van der Waals surface area contributed by atoms with Crippen molar-refractivity contribution >= 4 is 0 Å². The molecule has 1 heterocycles. The first-order valence-corrected chi connectivity index (χ1v) is 7.29. The summed E-state index contributed by atoms with van der Waals surface area (Å²) in [5.41, 5.74) is 8.23. The Morgan fingerprint density at radius 3 is 2.67 bits per heavy atom. The van der Waals surface area contributed by atoms with Gasteiger partial charge in [0.1, 0.15) is 5.82 Å². The van der Waals surface area contributed by atoms with Crippen molar-refractivity contribution in [1.82, 2.24) is 9.97 Å². The fourth-order valence-electron chi connectivity index (χ4n) is 2.72. The molecule has 1 atom stereocenters. The number of rotatable bonds is 4. The fraction of sp³-hybridized carbons (Fsp3) is 0.733. The van der Waals surface area contributed by atoms with Gasteiger partial charge in [0.15, 0.2) is 0 Å². The SMILES string of the molecule is CCC(N)Cc1cc(C)nc(C2CCCCC2)n1. The summed E-state index contributed by atoms with van der Waals surface area (Å²) in [7, 11) is 0. The Balaban J connectivity index is 2.14. The van der Waals surface area contributed by atoms with Crippen LogP contribution in [0.2, 0.25) is 0 Å². The summed E-state index contributed by atoms with van der Waals surface area (Å²) in [6.07, 6.45) is 8.40. The minimum atomic E-state index is 0.221. The van der Waals surface area contributed by atoms with Crippen LogP contribution in [-0.4, -0.2) is 16.0 Å². The molecule has 1 aromatic heterocycles. The standard InChI is InChI=1S/C15H25N3/c1-3-13(16)10-14-9-11(2)17-15(18-14)12-7-5-4-6-8-12/h9,12-13H,3-8,10,16H2,1-2H3. The number of nitrogens with zero attached hydrogens (tertiary/aromatic N) is 2. The lowest BCUT2D eigenvalue weighted by atomic mass is 9.88. The lowest BCUT2D eigenvalue weighted by Crippen LogP contribution is -2.23. The molecule has 1 aromatic rings. The first-order chi connectivity index (χ1) is 8.69. The first-order valence-electron chi connectivity index (χ1n) is 7.29. The number of hydrogen-bond donors (Lipinski definition) is 1. The van der Waals surface area contributed by atoms with Gasteiger partial charge in [-0.05, 0) is 32.3 Å². The van der Waals surface area contributed by atoms with Crippen LogP contribution < -0.4 is 5.73 Å². The minimum Gasteiger partial charge on any atom is -0.327 e. The Hall–Kier alpha value is -0.960. The van der Waals surface area contributed by atoms with Crippen molar-refractivity contribution in [3.63, 3.8) is 0 Å². The van der Waals surface area contributed by atoms with Crippen molar-refractivity contribution in [2.24, 2.45) is 5.73 Å². The highest BCUT2D eigenvalue weighted by Gasteiger charge is 2.19. The molecular weight excluding hydrogens is 222 g/mol. The molecule has 100 valence electrons. The molecular formula is C15H25N3. The zero-order valence-corrected chi connectivity index (χ0v) is 11.7. The Bertz CT molecular complexity index is 383. The van der Waals surface area contributed by atoms with Gasteiger partial charge < -0.3 is 5.73 Å². The molecule has 1 saturated carbocycles. The van der Waals surface area contributed by atoms with Crippen molar-refractivity contribution in [3.8, 4) is 0 Å². The molecule has 3 nitrogen and oxygen atoms in total. The number of aryl methyl sites for hydroxylation is 1. The second-order valence-electron chi connectivity index (χ2n) is 5.57. The predicted molar refractivity (Wildman–Crippen MR) is 74.6 cm³/mol. The van der Waals surface area contributed by atoms with E-state index < -0.39 is 0 Å². The summed E-state index contributed by atoms with van der Waals surface area (Å²) in [5.74, 6) is 1.64. The second kappa shape index (κ2) is 6.28. The highest BCUT2D eigenvalue weighted by atomic mass is 14.9. The molecule has 0 aliphatic heterocycles. The van der Waals surface area contributed by atoms with Crippen LogP contribution >= 0.6 is 0 Å². The zero-order valence-electron chi connectivity index (χ0n) is 11.7. The monoisotopic (exact) mass is 247 g/mol. The summed E-state index contributed by atoms with van der Waals surface area (Å²) >= 11 is 0. The van der Waals surface area contributed by atoms with Gasteiger partial charge in [-0.2, -0.15) is 0 Å². The predicted octanol–water partition coefficient (Wildman–Crippen LogP) is 3.11. The van der Waals surface area contributed by atoms with E-state index >= 15 is 0 Å². The first kappa shape index (κ1) is 13.5. The van der Waals surface area contributed by atoms with Gasteiger partial charge in [0.25, 0.3) is 0 Å². The van der Waals surface area contributed by atoms with Gasteiger partial charge in [0.05, 0.1) is 0 Å². The number of nitrogens with two attached hydrogens (primary N) is 1. The lowest BCUT2D eigenvalue weighted by molar-refractivity contribution is 0.426. The summed E-state index contributed by atoms with van der Waals surface area (Å²) in [5, 5.41) is 0. The molecule has 0 amide bonds. The Kier molecular flexibility index (Phi) is 4.70. The molecule has 0 radical (unpaired) electrons. The van der Waals surface area contributed by atoms with Crippen molar-refractivity contribution in [2.45, 2.75) is 70.8 Å². The largest absolute Gasteiger partial charge is 0.327 e. The van der Waals surface area contributed by atoms with Crippen LogP contribution in [-0.2, 0) is 6.42 Å². The van der Waals surface area contributed by atoms with Crippen LogP contribution in [0.4, 0.5) is 0 Å². The molecule has 0 bridgehead atoms. The lowest BCUT2D eigenvalue weighted by Gasteiger charge is -2.21. The molecule has 3 heteroatoms. The van der Waals surface area contributed by atoms with E-state index in [4.69, 9.17) is 10.7 Å². The Morgan fingerprint density at radius 1 is 1.28 bits per heavy atom. The van der Waals surface area contributed by atoms with Gasteiger partial charge in [0.2, 0.25) is 0 Å². The van der Waals surface area contributed by atoms with E-state index in [2.05, 4.69) is 24.9 Å². The second-order valence-corrected chi connectivity index (χ2v) is 5.57. The van der Waals surface area contributed by atoms with Gasteiger partial charge in [-0.1, -0.05) is 26.2 Å². The van der Waals surface area contributed by atoms with Crippen LogP contribution in [0.5, 0.6) is 0 Å². The van der Waals surface area contributed by atoms with Crippen LogP contribution in [0.25, 0.3) is 0 Å². The summed E-state index contributed by atoms with van der Waals surface area (Å²) in [6.45, 7) is 4.19. The summed E-state index contributed by atoms with van der Waals surface area (Å²) < 4.78 is 0. The minimum absolute atomic E-state index is 0.221. The van der Waals surface area contributed by atoms with E-state index in [-0.39, 0.29) is 6.04 Å². The van der Waals surface area contributed by atoms with E-state index in [1.807, 2.05) is 0 Å². The van der Waals surface area contributed by atoms with Crippen molar-refractivity contribution in [2.75, 3.05) is 0 Å². The maximum absolute atomic E-state index is 6.02. The fourth-order valence-corrected chi connectivity index (χ4v) is 2.72. The van der Waals surface area contributed by atoms with Crippen LogP contribution in [0.15, 0.2) is 6.07 Å². The highest BCUT2D eigenvalue weighted by molar-refractivity contribution is 5.13. The molecule has 2 rings (SSSR count). The van der Waals surface area contributed by atoms with Crippen molar-refractivity contribution in [3.05, 3.63) is 23.3 Å². The Morgan fingerprint density at radius 2 is 2.00 bits per heavy atom. The Labute approximate surface area is 110 Å². The molecule has 2 N–H and O–H groups in total. The average Bonchev–Trinajstić information content (AvgIpc) is 2.39. The number of hydrogen-bond acceptors (Lipinski definition) is 3.